The first kappa shape index (κ1) is 24.9. The van der Waals surface area contributed by atoms with Gasteiger partial charge in [0.05, 0.1) is 18.8 Å². The largest absolute Gasteiger partial charge is 0.488 e. The first-order valence-corrected chi connectivity index (χ1v) is 9.81. The summed E-state index contributed by atoms with van der Waals surface area (Å²) >= 11 is 0. The van der Waals surface area contributed by atoms with Crippen molar-refractivity contribution in [2.75, 3.05) is 7.11 Å². The molecule has 0 unspecified atom stereocenters. The highest BCUT2D eigenvalue weighted by atomic mass is 16.5. The zero-order chi connectivity index (χ0) is 22.4. The Kier molecular flexibility index (Phi) is 8.65. The Hall–Kier alpha value is -2.12. The summed E-state index contributed by atoms with van der Waals surface area (Å²) in [4.78, 5) is 24.8. The second-order valence-corrected chi connectivity index (χ2v) is 9.11. The fourth-order valence-corrected chi connectivity index (χ4v) is 2.73. The van der Waals surface area contributed by atoms with Crippen molar-refractivity contribution in [2.45, 2.75) is 84.3 Å². The number of rotatable bonds is 8. The Morgan fingerprint density at radius 2 is 1.59 bits per heavy atom. The van der Waals surface area contributed by atoms with Crippen LogP contribution in [0.15, 0.2) is 24.3 Å². The molecule has 0 fully saturated rings. The van der Waals surface area contributed by atoms with Crippen molar-refractivity contribution in [3.8, 4) is 5.75 Å². The summed E-state index contributed by atoms with van der Waals surface area (Å²) in [6.07, 6.45) is -0.239. The topological polar surface area (TPSA) is 99.9 Å². The zero-order valence-corrected chi connectivity index (χ0v) is 18.9. The highest BCUT2D eigenvalue weighted by Gasteiger charge is 2.30. The highest BCUT2D eigenvalue weighted by Crippen LogP contribution is 2.19. The van der Waals surface area contributed by atoms with E-state index < -0.39 is 35.7 Å². The Labute approximate surface area is 174 Å². The number of hydrogen-bond donors (Lipinski definition) is 2. The minimum absolute atomic E-state index is 0.273. The normalized spacial score (nSPS) is 15.2. The average molecular weight is 409 g/mol. The fourth-order valence-electron chi connectivity index (χ4n) is 2.73. The van der Waals surface area contributed by atoms with E-state index in [0.717, 1.165) is 11.3 Å². The molecular formula is C22H36N2O5. The van der Waals surface area contributed by atoms with Crippen LogP contribution in [0.25, 0.3) is 0 Å². The van der Waals surface area contributed by atoms with Gasteiger partial charge >= 0.3 is 5.97 Å². The number of methoxy groups -OCH3 is 1. The Bertz CT molecular complexity index is 674. The van der Waals surface area contributed by atoms with Crippen LogP contribution >= 0.6 is 0 Å². The molecule has 0 aliphatic heterocycles. The Morgan fingerprint density at radius 1 is 1.03 bits per heavy atom. The van der Waals surface area contributed by atoms with Gasteiger partial charge in [-0.2, -0.15) is 0 Å². The van der Waals surface area contributed by atoms with E-state index in [0.29, 0.717) is 0 Å². The molecular weight excluding hydrogens is 372 g/mol. The first-order chi connectivity index (χ1) is 13.2. The third-order valence-electron chi connectivity index (χ3n) is 3.94. The second-order valence-electron chi connectivity index (χ2n) is 9.11. The summed E-state index contributed by atoms with van der Waals surface area (Å²) in [6.45, 7) is 13.3. The van der Waals surface area contributed by atoms with Crippen molar-refractivity contribution < 1.29 is 23.8 Å². The van der Waals surface area contributed by atoms with E-state index >= 15 is 0 Å². The SMILES string of the molecule is COC(=O)[C@@H](Cc1ccc(OC(C)(C)C)cc1)NC(=O)[C@H](N)[C@H](C)OC(C)(C)C. The van der Waals surface area contributed by atoms with Gasteiger partial charge in [-0.1, -0.05) is 12.1 Å². The molecule has 3 atom stereocenters. The number of carbonyl (C=O) groups excluding carboxylic acids is 2. The molecule has 0 aromatic heterocycles. The number of nitrogens with one attached hydrogen (secondary N) is 1. The molecule has 164 valence electrons. The van der Waals surface area contributed by atoms with E-state index in [1.165, 1.54) is 7.11 Å². The van der Waals surface area contributed by atoms with Crippen LogP contribution in [-0.2, 0) is 25.5 Å². The van der Waals surface area contributed by atoms with Gasteiger partial charge in [-0.15, -0.1) is 0 Å². The van der Waals surface area contributed by atoms with Gasteiger partial charge in [0.2, 0.25) is 5.91 Å². The fraction of sp³-hybridized carbons (Fsp3) is 0.636. The molecule has 0 saturated carbocycles. The predicted octanol–water partition coefficient (Wildman–Crippen LogP) is 2.60. The smallest absolute Gasteiger partial charge is 0.328 e. The maximum absolute atomic E-state index is 12.6. The standard InChI is InChI=1S/C22H36N2O5/c1-14(28-21(2,3)4)18(23)19(25)24-17(20(26)27-8)13-15-9-11-16(12-10-15)29-22(5,6)7/h9-12,14,17-18H,13,23H2,1-8H3,(H,24,25)/t14-,17+,18+/m0/s1. The lowest BCUT2D eigenvalue weighted by Gasteiger charge is -2.29. The van der Waals surface area contributed by atoms with Crippen molar-refractivity contribution in [1.82, 2.24) is 5.32 Å². The molecule has 0 heterocycles. The lowest BCUT2D eigenvalue weighted by Crippen LogP contribution is -2.54. The van der Waals surface area contributed by atoms with E-state index in [1.54, 1.807) is 6.92 Å². The summed E-state index contributed by atoms with van der Waals surface area (Å²) in [7, 11) is 1.28. The zero-order valence-electron chi connectivity index (χ0n) is 18.9. The average Bonchev–Trinajstić information content (AvgIpc) is 2.58. The lowest BCUT2D eigenvalue weighted by atomic mass is 10.0. The quantitative estimate of drug-likeness (QED) is 0.642. The van der Waals surface area contributed by atoms with Crippen molar-refractivity contribution >= 4 is 11.9 Å². The minimum Gasteiger partial charge on any atom is -0.488 e. The number of nitrogens with two attached hydrogens (primary N) is 1. The number of esters is 1. The maximum atomic E-state index is 12.6. The Morgan fingerprint density at radius 3 is 2.03 bits per heavy atom. The van der Waals surface area contributed by atoms with E-state index in [-0.39, 0.29) is 12.0 Å². The molecule has 0 radical (unpaired) electrons. The molecule has 3 N–H and O–H groups in total. The molecule has 0 bridgehead atoms. The van der Waals surface area contributed by atoms with Crippen molar-refractivity contribution in [3.05, 3.63) is 29.8 Å². The number of carbonyl (C=O) groups is 2. The molecule has 1 aromatic rings. The van der Waals surface area contributed by atoms with E-state index in [4.69, 9.17) is 19.9 Å². The van der Waals surface area contributed by atoms with Crippen LogP contribution in [-0.4, -0.2) is 48.4 Å². The monoisotopic (exact) mass is 408 g/mol. The van der Waals surface area contributed by atoms with Gasteiger partial charge < -0.3 is 25.3 Å². The van der Waals surface area contributed by atoms with Crippen molar-refractivity contribution in [2.24, 2.45) is 5.73 Å². The van der Waals surface area contributed by atoms with Gasteiger partial charge in [0.15, 0.2) is 0 Å². The molecule has 0 spiro atoms. The van der Waals surface area contributed by atoms with Gasteiger partial charge in [0, 0.05) is 6.42 Å². The summed E-state index contributed by atoms with van der Waals surface area (Å²) in [6, 6.07) is 5.62. The summed E-state index contributed by atoms with van der Waals surface area (Å²) < 4.78 is 16.4. The summed E-state index contributed by atoms with van der Waals surface area (Å²) in [5, 5.41) is 2.69. The third kappa shape index (κ3) is 9.28. The third-order valence-corrected chi connectivity index (χ3v) is 3.94. The maximum Gasteiger partial charge on any atom is 0.328 e. The van der Waals surface area contributed by atoms with Crippen LogP contribution in [0.4, 0.5) is 0 Å². The molecule has 7 nitrogen and oxygen atoms in total. The number of hydrogen-bond acceptors (Lipinski definition) is 6. The van der Waals surface area contributed by atoms with Gasteiger partial charge in [-0.05, 0) is 66.2 Å². The van der Waals surface area contributed by atoms with Crippen LogP contribution in [0.2, 0.25) is 0 Å². The van der Waals surface area contributed by atoms with Crippen LogP contribution in [0.1, 0.15) is 54.0 Å². The van der Waals surface area contributed by atoms with Gasteiger partial charge in [-0.3, -0.25) is 4.79 Å². The van der Waals surface area contributed by atoms with Gasteiger partial charge in [0.25, 0.3) is 0 Å². The number of amides is 1. The molecule has 0 saturated heterocycles. The Balaban J connectivity index is 2.82. The number of ether oxygens (including phenoxy) is 3. The van der Waals surface area contributed by atoms with Crippen molar-refractivity contribution in [3.63, 3.8) is 0 Å². The summed E-state index contributed by atoms with van der Waals surface area (Å²) in [5.74, 6) is -0.273. The first-order valence-electron chi connectivity index (χ1n) is 9.81. The molecule has 1 rings (SSSR count). The molecule has 29 heavy (non-hydrogen) atoms. The van der Waals surface area contributed by atoms with Gasteiger partial charge in [-0.25, -0.2) is 4.79 Å². The lowest BCUT2D eigenvalue weighted by molar-refractivity contribution is -0.146. The van der Waals surface area contributed by atoms with Gasteiger partial charge in [0.1, 0.15) is 23.4 Å². The van der Waals surface area contributed by atoms with Crippen LogP contribution < -0.4 is 15.8 Å². The molecule has 0 aliphatic carbocycles. The van der Waals surface area contributed by atoms with E-state index in [9.17, 15) is 9.59 Å². The minimum atomic E-state index is -0.913. The molecule has 0 aliphatic rings. The van der Waals surface area contributed by atoms with E-state index in [1.807, 2.05) is 65.8 Å². The molecule has 1 aromatic carbocycles. The predicted molar refractivity (Wildman–Crippen MR) is 113 cm³/mol. The molecule has 1 amide bonds. The highest BCUT2D eigenvalue weighted by molar-refractivity contribution is 5.88. The van der Waals surface area contributed by atoms with Crippen LogP contribution in [0.5, 0.6) is 5.75 Å². The number of benzene rings is 1. The van der Waals surface area contributed by atoms with Crippen LogP contribution in [0, 0.1) is 0 Å². The van der Waals surface area contributed by atoms with E-state index in [2.05, 4.69) is 5.32 Å². The second kappa shape index (κ2) is 10.1. The molecule has 7 heteroatoms. The summed E-state index contributed by atoms with van der Waals surface area (Å²) in [5.41, 5.74) is 6.15. The van der Waals surface area contributed by atoms with Crippen molar-refractivity contribution in [1.29, 1.82) is 0 Å². The van der Waals surface area contributed by atoms with Crippen LogP contribution in [0.3, 0.4) is 0 Å².